The van der Waals surface area contributed by atoms with E-state index >= 15 is 0 Å². The lowest BCUT2D eigenvalue weighted by atomic mass is 10.1. The quantitative estimate of drug-likeness (QED) is 0.420. The number of fused-ring (bicyclic) bond motifs is 2. The molecule has 0 unspecified atom stereocenters. The van der Waals surface area contributed by atoms with Gasteiger partial charge in [-0.05, 0) is 36.1 Å². The number of amides is 2. The smallest absolute Gasteiger partial charge is 0.380 e. The number of carbonyl (C=O) groups excluding carboxylic acids is 2. The van der Waals surface area contributed by atoms with E-state index in [2.05, 4.69) is 10.3 Å². The average molecular weight is 490 g/mol. The second-order valence-corrected chi connectivity index (χ2v) is 8.42. The Labute approximate surface area is 199 Å². The Balaban J connectivity index is 1.26. The van der Waals surface area contributed by atoms with Crippen LogP contribution in [0.2, 0.25) is 0 Å². The van der Waals surface area contributed by atoms with Crippen LogP contribution < -0.4 is 5.32 Å². The second-order valence-electron chi connectivity index (χ2n) is 8.42. The molecule has 186 valence electrons. The van der Waals surface area contributed by atoms with Crippen LogP contribution in [0.25, 0.3) is 11.0 Å². The van der Waals surface area contributed by atoms with Crippen LogP contribution in [0.1, 0.15) is 29.8 Å². The second kappa shape index (κ2) is 10.0. The number of benzene rings is 2. The molecule has 2 atom stereocenters. The van der Waals surface area contributed by atoms with Gasteiger partial charge >= 0.3 is 6.18 Å². The van der Waals surface area contributed by atoms with Gasteiger partial charge in [0.1, 0.15) is 0 Å². The van der Waals surface area contributed by atoms with Crippen molar-refractivity contribution in [1.82, 2.24) is 19.8 Å². The number of aliphatic hydroxyl groups excluding tert-OH is 2. The molecule has 1 aliphatic heterocycles. The molecule has 3 aromatic rings. The van der Waals surface area contributed by atoms with Gasteiger partial charge in [0, 0.05) is 26.2 Å². The number of aromatic nitrogens is 2. The van der Waals surface area contributed by atoms with Crippen molar-refractivity contribution in [2.75, 3.05) is 6.54 Å². The molecule has 3 N–H and O–H groups in total. The van der Waals surface area contributed by atoms with E-state index in [0.717, 1.165) is 15.7 Å². The number of aryl methyl sites for hydroxylation is 1. The monoisotopic (exact) mass is 490 g/mol. The van der Waals surface area contributed by atoms with Gasteiger partial charge in [0.15, 0.2) is 12.2 Å². The number of halogens is 3. The van der Waals surface area contributed by atoms with Crippen LogP contribution in [0.4, 0.5) is 13.2 Å². The molecule has 2 aromatic carbocycles. The SMILES string of the molecule is O=C(NCCCCn1c(C(F)(F)F)nc2ccccc21)[C@H](O)[C@@H](O)C(=O)N1Cc2ccccc2C1. The molecule has 11 heteroatoms. The fourth-order valence-electron chi connectivity index (χ4n) is 4.18. The number of rotatable bonds is 8. The standard InChI is InChI=1S/C24H25F3N4O4/c25-24(26,27)23-29-17-9-3-4-10-18(17)31(23)12-6-5-11-28-21(34)19(32)20(33)22(35)30-13-15-7-1-2-8-16(15)14-30/h1-4,7-10,19-20,32-33H,5-6,11-14H2,(H,28,34)/t19-,20-/m1/s1. The van der Waals surface area contributed by atoms with E-state index in [0.29, 0.717) is 18.4 Å². The predicted octanol–water partition coefficient (Wildman–Crippen LogP) is 2.22. The molecule has 8 nitrogen and oxygen atoms in total. The molecule has 2 amide bonds. The van der Waals surface area contributed by atoms with E-state index in [-0.39, 0.29) is 31.7 Å². The highest BCUT2D eigenvalue weighted by molar-refractivity contribution is 5.90. The van der Waals surface area contributed by atoms with Gasteiger partial charge in [-0.25, -0.2) is 4.98 Å². The molecule has 0 saturated heterocycles. The summed E-state index contributed by atoms with van der Waals surface area (Å²) in [6, 6.07) is 13.7. The van der Waals surface area contributed by atoms with Crippen molar-refractivity contribution in [3.8, 4) is 0 Å². The molecule has 2 heterocycles. The molecule has 0 fully saturated rings. The van der Waals surface area contributed by atoms with Crippen LogP contribution in [-0.2, 0) is 35.4 Å². The predicted molar refractivity (Wildman–Crippen MR) is 120 cm³/mol. The van der Waals surface area contributed by atoms with Crippen molar-refractivity contribution in [3.05, 3.63) is 65.5 Å². The Hall–Kier alpha value is -3.44. The summed E-state index contributed by atoms with van der Waals surface area (Å²) in [5, 5.41) is 22.8. The maximum absolute atomic E-state index is 13.4. The lowest BCUT2D eigenvalue weighted by molar-refractivity contribution is -0.153. The lowest BCUT2D eigenvalue weighted by Crippen LogP contribution is -2.49. The fraction of sp³-hybridized carbons (Fsp3) is 0.375. The summed E-state index contributed by atoms with van der Waals surface area (Å²) in [4.78, 5) is 29.8. The summed E-state index contributed by atoms with van der Waals surface area (Å²) < 4.78 is 41.2. The molecule has 0 saturated carbocycles. The lowest BCUT2D eigenvalue weighted by Gasteiger charge is -2.22. The average Bonchev–Trinajstić information content (AvgIpc) is 3.44. The Morgan fingerprint density at radius 3 is 2.26 bits per heavy atom. The molecule has 0 aliphatic carbocycles. The zero-order chi connectivity index (χ0) is 25.2. The number of hydrogen-bond donors (Lipinski definition) is 3. The molecule has 0 radical (unpaired) electrons. The van der Waals surface area contributed by atoms with Crippen LogP contribution in [0.15, 0.2) is 48.5 Å². The van der Waals surface area contributed by atoms with E-state index in [1.165, 1.54) is 11.0 Å². The third kappa shape index (κ3) is 5.30. The Bertz CT molecular complexity index is 1200. The van der Waals surface area contributed by atoms with Crippen molar-refractivity contribution in [1.29, 1.82) is 0 Å². The van der Waals surface area contributed by atoms with E-state index in [1.54, 1.807) is 18.2 Å². The number of carbonyl (C=O) groups is 2. The number of alkyl halides is 3. The molecule has 4 rings (SSSR count). The van der Waals surface area contributed by atoms with Crippen LogP contribution >= 0.6 is 0 Å². The topological polar surface area (TPSA) is 108 Å². The number of hydrogen-bond acceptors (Lipinski definition) is 5. The number of imidazole rings is 1. The first-order valence-corrected chi connectivity index (χ1v) is 11.2. The highest BCUT2D eigenvalue weighted by Crippen LogP contribution is 2.31. The maximum atomic E-state index is 13.4. The van der Waals surface area contributed by atoms with Crippen molar-refractivity contribution in [2.24, 2.45) is 0 Å². The van der Waals surface area contributed by atoms with Gasteiger partial charge in [-0.3, -0.25) is 9.59 Å². The van der Waals surface area contributed by atoms with Crippen LogP contribution in [0, 0.1) is 0 Å². The number of nitrogens with one attached hydrogen (secondary N) is 1. The van der Waals surface area contributed by atoms with Gasteiger partial charge in [0.05, 0.1) is 11.0 Å². The third-order valence-electron chi connectivity index (χ3n) is 5.99. The first kappa shape index (κ1) is 24.7. The number of aliphatic hydroxyl groups is 2. The van der Waals surface area contributed by atoms with E-state index < -0.39 is 36.0 Å². The first-order valence-electron chi connectivity index (χ1n) is 11.2. The molecular formula is C24H25F3N4O4. The Kier molecular flexibility index (Phi) is 7.08. The van der Waals surface area contributed by atoms with Crippen LogP contribution in [-0.4, -0.2) is 55.2 Å². The van der Waals surface area contributed by atoms with Crippen LogP contribution in [0.3, 0.4) is 0 Å². The van der Waals surface area contributed by atoms with Crippen molar-refractivity contribution < 1.29 is 33.0 Å². The normalized spacial score (nSPS) is 15.2. The van der Waals surface area contributed by atoms with E-state index in [9.17, 15) is 33.0 Å². The van der Waals surface area contributed by atoms with E-state index in [4.69, 9.17) is 0 Å². The molecule has 0 bridgehead atoms. The van der Waals surface area contributed by atoms with Gasteiger partial charge in [-0.15, -0.1) is 0 Å². The van der Waals surface area contributed by atoms with E-state index in [1.807, 2.05) is 24.3 Å². The minimum atomic E-state index is -4.60. The Morgan fingerprint density at radius 2 is 1.60 bits per heavy atom. The highest BCUT2D eigenvalue weighted by Gasteiger charge is 2.37. The third-order valence-corrected chi connectivity index (χ3v) is 5.99. The molecule has 1 aromatic heterocycles. The number of nitrogens with zero attached hydrogens (tertiary/aromatic N) is 3. The molecule has 0 spiro atoms. The number of para-hydroxylation sites is 2. The van der Waals surface area contributed by atoms with Gasteiger partial charge in [-0.1, -0.05) is 36.4 Å². The molecule has 1 aliphatic rings. The minimum Gasteiger partial charge on any atom is -0.380 e. The summed E-state index contributed by atoms with van der Waals surface area (Å²) in [5.41, 5.74) is 2.48. The summed E-state index contributed by atoms with van der Waals surface area (Å²) in [6.45, 7) is 0.650. The minimum absolute atomic E-state index is 0.0322. The first-order chi connectivity index (χ1) is 16.7. The zero-order valence-electron chi connectivity index (χ0n) is 18.7. The fourth-order valence-corrected chi connectivity index (χ4v) is 4.18. The van der Waals surface area contributed by atoms with Crippen LogP contribution in [0.5, 0.6) is 0 Å². The summed E-state index contributed by atoms with van der Waals surface area (Å²) in [6.07, 6.45) is -7.87. The molecular weight excluding hydrogens is 465 g/mol. The van der Waals surface area contributed by atoms with Crippen molar-refractivity contribution in [2.45, 2.75) is 50.9 Å². The summed E-state index contributed by atoms with van der Waals surface area (Å²) in [7, 11) is 0. The zero-order valence-corrected chi connectivity index (χ0v) is 18.7. The summed E-state index contributed by atoms with van der Waals surface area (Å²) >= 11 is 0. The molecule has 35 heavy (non-hydrogen) atoms. The van der Waals surface area contributed by atoms with Gasteiger partial charge in [0.2, 0.25) is 5.82 Å². The van der Waals surface area contributed by atoms with Crippen molar-refractivity contribution >= 4 is 22.8 Å². The largest absolute Gasteiger partial charge is 0.449 e. The van der Waals surface area contributed by atoms with Gasteiger partial charge in [0.25, 0.3) is 11.8 Å². The number of unbranched alkanes of at least 4 members (excludes halogenated alkanes) is 1. The summed E-state index contributed by atoms with van der Waals surface area (Å²) in [5.74, 6) is -2.66. The van der Waals surface area contributed by atoms with Crippen molar-refractivity contribution in [3.63, 3.8) is 0 Å². The highest BCUT2D eigenvalue weighted by atomic mass is 19.4. The maximum Gasteiger partial charge on any atom is 0.449 e. The van der Waals surface area contributed by atoms with Gasteiger partial charge in [-0.2, -0.15) is 13.2 Å². The van der Waals surface area contributed by atoms with Gasteiger partial charge < -0.3 is 25.0 Å². The Morgan fingerprint density at radius 1 is 0.971 bits per heavy atom.